The lowest BCUT2D eigenvalue weighted by Gasteiger charge is -2.21. The Morgan fingerprint density at radius 1 is 1.12 bits per heavy atom. The molecule has 2 aromatic rings. The number of benzene rings is 2. The number of hydrogen-bond acceptors (Lipinski definition) is 4. The molecule has 1 aliphatic rings. The second kappa shape index (κ2) is 4.14. The van der Waals surface area contributed by atoms with Gasteiger partial charge in [0.25, 0.3) is 0 Å². The Morgan fingerprint density at radius 2 is 1.94 bits per heavy atom. The molecule has 0 amide bonds. The average molecular weight is 266 g/mol. The van der Waals surface area contributed by atoms with E-state index >= 15 is 0 Å². The summed E-state index contributed by atoms with van der Waals surface area (Å²) in [5.74, 6) is 1.51. The van der Waals surface area contributed by atoms with E-state index < -0.39 is 0 Å². The van der Waals surface area contributed by atoms with Crippen LogP contribution < -0.4 is 10.2 Å². The fourth-order valence-electron chi connectivity index (χ4n) is 1.67. The van der Waals surface area contributed by atoms with Crippen molar-refractivity contribution in [2.24, 2.45) is 0 Å². The Hall–Kier alpha value is -1.36. The lowest BCUT2D eigenvalue weighted by molar-refractivity contribution is 0.384. The minimum absolute atomic E-state index is 0.460. The number of fused-ring (bicyclic) bond motifs is 2. The minimum Gasteiger partial charge on any atom is -0.455 e. The van der Waals surface area contributed by atoms with Crippen molar-refractivity contribution in [3.63, 3.8) is 0 Å². The van der Waals surface area contributed by atoms with Crippen LogP contribution >= 0.6 is 23.4 Å². The number of hydrogen-bond donors (Lipinski definition) is 2. The number of halogens is 1. The largest absolute Gasteiger partial charge is 0.455 e. The summed E-state index contributed by atoms with van der Waals surface area (Å²) in [4.78, 5) is 1.79. The predicted molar refractivity (Wildman–Crippen MR) is 67.5 cm³/mol. The number of ether oxygens (including phenoxy) is 1. The van der Waals surface area contributed by atoms with Gasteiger partial charge in [-0.2, -0.15) is 0 Å². The van der Waals surface area contributed by atoms with E-state index in [-0.39, 0.29) is 0 Å². The minimum atomic E-state index is 0.460. The molecule has 0 saturated carbocycles. The fraction of sp³-hybridized carbons (Fsp3) is 0. The first-order chi connectivity index (χ1) is 8.29. The average Bonchev–Trinajstić information content (AvgIpc) is 2.36. The summed E-state index contributed by atoms with van der Waals surface area (Å²) >= 11 is 7.51. The van der Waals surface area contributed by atoms with Crippen LogP contribution in [0.15, 0.2) is 46.2 Å². The van der Waals surface area contributed by atoms with Crippen molar-refractivity contribution in [3.05, 3.63) is 41.4 Å². The predicted octanol–water partition coefficient (Wildman–Crippen LogP) is 4.40. The molecular weight excluding hydrogens is 258 g/mol. The Balaban J connectivity index is 2.15. The molecule has 5 heteroatoms. The maximum absolute atomic E-state index is 9.12. The molecule has 0 saturated heterocycles. The monoisotopic (exact) mass is 265 g/mol. The van der Waals surface area contributed by atoms with Crippen molar-refractivity contribution in [3.8, 4) is 11.5 Å². The van der Waals surface area contributed by atoms with Gasteiger partial charge in [0.1, 0.15) is 11.5 Å². The van der Waals surface area contributed by atoms with Crippen LogP contribution in [0.5, 0.6) is 11.5 Å². The first-order valence-electron chi connectivity index (χ1n) is 4.97. The summed E-state index contributed by atoms with van der Waals surface area (Å²) < 4.78 is 5.74. The van der Waals surface area contributed by atoms with Crippen LogP contribution in [0.25, 0.3) is 0 Å². The normalized spacial score (nSPS) is 12.4. The molecule has 86 valence electrons. The highest BCUT2D eigenvalue weighted by atomic mass is 35.5. The van der Waals surface area contributed by atoms with Gasteiger partial charge in [0.15, 0.2) is 0 Å². The van der Waals surface area contributed by atoms with Gasteiger partial charge < -0.3 is 4.74 Å². The van der Waals surface area contributed by atoms with Gasteiger partial charge in [-0.3, -0.25) is 10.7 Å². The summed E-state index contributed by atoms with van der Waals surface area (Å²) in [6.45, 7) is 0. The Kier molecular flexibility index (Phi) is 2.63. The summed E-state index contributed by atoms with van der Waals surface area (Å²) in [5, 5.41) is 9.58. The third-order valence-corrected chi connectivity index (χ3v) is 3.95. The van der Waals surface area contributed by atoms with E-state index in [0.29, 0.717) is 16.5 Å². The van der Waals surface area contributed by atoms with Crippen molar-refractivity contribution in [1.82, 2.24) is 0 Å². The molecule has 3 rings (SSSR count). The highest BCUT2D eigenvalue weighted by Gasteiger charge is 2.21. The van der Waals surface area contributed by atoms with Crippen molar-refractivity contribution < 1.29 is 9.94 Å². The summed E-state index contributed by atoms with van der Waals surface area (Å²) in [5.41, 5.74) is 2.60. The third kappa shape index (κ3) is 1.74. The molecule has 0 fully saturated rings. The van der Waals surface area contributed by atoms with E-state index in [2.05, 4.69) is 5.48 Å². The van der Waals surface area contributed by atoms with Gasteiger partial charge in [-0.25, -0.2) is 0 Å². The van der Waals surface area contributed by atoms with Gasteiger partial charge in [0.05, 0.1) is 20.5 Å². The standard InChI is InChI=1S/C12H8ClNO2S/c13-7-5-6-9-12(11(7)14-15)17-10-4-2-1-3-8(10)16-9/h1-6,14-15H. The highest BCUT2D eigenvalue weighted by Crippen LogP contribution is 2.51. The first kappa shape index (κ1) is 10.8. The van der Waals surface area contributed by atoms with Crippen LogP contribution in [-0.2, 0) is 0 Å². The molecule has 2 N–H and O–H groups in total. The SMILES string of the molecule is ONc1c(Cl)ccc2c1Sc1ccccc1O2. The molecule has 2 aromatic carbocycles. The summed E-state index contributed by atoms with van der Waals surface area (Å²) in [7, 11) is 0. The zero-order valence-corrected chi connectivity index (χ0v) is 10.2. The fourth-order valence-corrected chi connectivity index (χ4v) is 2.97. The number of nitrogens with one attached hydrogen (secondary N) is 1. The second-order valence-electron chi connectivity index (χ2n) is 3.51. The van der Waals surface area contributed by atoms with Gasteiger partial charge in [-0.15, -0.1) is 0 Å². The molecule has 3 nitrogen and oxygen atoms in total. The van der Waals surface area contributed by atoms with Crippen molar-refractivity contribution in [2.45, 2.75) is 9.79 Å². The molecule has 0 bridgehead atoms. The highest BCUT2D eigenvalue weighted by molar-refractivity contribution is 7.99. The molecule has 0 atom stereocenters. The van der Waals surface area contributed by atoms with Crippen LogP contribution in [0.2, 0.25) is 5.02 Å². The van der Waals surface area contributed by atoms with Gasteiger partial charge in [0, 0.05) is 0 Å². The van der Waals surface area contributed by atoms with Crippen molar-refractivity contribution in [2.75, 3.05) is 5.48 Å². The maximum Gasteiger partial charge on any atom is 0.143 e. The van der Waals surface area contributed by atoms with Crippen LogP contribution in [0, 0.1) is 0 Å². The van der Waals surface area contributed by atoms with Gasteiger partial charge in [-0.05, 0) is 24.3 Å². The van der Waals surface area contributed by atoms with E-state index in [9.17, 15) is 0 Å². The lowest BCUT2D eigenvalue weighted by atomic mass is 10.3. The molecule has 0 aliphatic carbocycles. The molecule has 0 aromatic heterocycles. The molecule has 1 heterocycles. The molecule has 0 spiro atoms. The first-order valence-corrected chi connectivity index (χ1v) is 6.16. The van der Waals surface area contributed by atoms with E-state index in [1.54, 1.807) is 12.1 Å². The van der Waals surface area contributed by atoms with Crippen molar-refractivity contribution >= 4 is 29.1 Å². The Bertz CT molecular complexity index is 589. The molecular formula is C12H8ClNO2S. The molecule has 0 radical (unpaired) electrons. The van der Waals surface area contributed by atoms with E-state index in [1.165, 1.54) is 11.8 Å². The van der Waals surface area contributed by atoms with Gasteiger partial charge >= 0.3 is 0 Å². The number of rotatable bonds is 1. The molecule has 0 unspecified atom stereocenters. The van der Waals surface area contributed by atoms with Gasteiger partial charge in [-0.1, -0.05) is 35.5 Å². The maximum atomic E-state index is 9.12. The van der Waals surface area contributed by atoms with Crippen molar-refractivity contribution in [1.29, 1.82) is 0 Å². The molecule has 1 aliphatic heterocycles. The number of anilines is 1. The lowest BCUT2D eigenvalue weighted by Crippen LogP contribution is -2.00. The molecule has 17 heavy (non-hydrogen) atoms. The summed E-state index contributed by atoms with van der Waals surface area (Å²) in [6, 6.07) is 11.2. The quantitative estimate of drug-likeness (QED) is 0.640. The zero-order chi connectivity index (χ0) is 11.8. The van der Waals surface area contributed by atoms with E-state index in [1.807, 2.05) is 24.3 Å². The van der Waals surface area contributed by atoms with Crippen LogP contribution in [0.3, 0.4) is 0 Å². The van der Waals surface area contributed by atoms with Crippen LogP contribution in [0.4, 0.5) is 5.69 Å². The number of para-hydroxylation sites is 1. The van der Waals surface area contributed by atoms with Crippen LogP contribution in [-0.4, -0.2) is 5.21 Å². The van der Waals surface area contributed by atoms with E-state index in [4.69, 9.17) is 21.5 Å². The topological polar surface area (TPSA) is 41.5 Å². The van der Waals surface area contributed by atoms with E-state index in [0.717, 1.165) is 15.5 Å². The second-order valence-corrected chi connectivity index (χ2v) is 4.97. The van der Waals surface area contributed by atoms with Crippen LogP contribution in [0.1, 0.15) is 0 Å². The third-order valence-electron chi connectivity index (χ3n) is 2.46. The Labute approximate surface area is 107 Å². The smallest absolute Gasteiger partial charge is 0.143 e. The zero-order valence-electron chi connectivity index (χ0n) is 8.61. The Morgan fingerprint density at radius 3 is 2.76 bits per heavy atom. The summed E-state index contributed by atoms with van der Waals surface area (Å²) in [6.07, 6.45) is 0. The van der Waals surface area contributed by atoms with Gasteiger partial charge in [0.2, 0.25) is 0 Å².